The van der Waals surface area contributed by atoms with Crippen molar-refractivity contribution in [2.75, 3.05) is 5.32 Å². The van der Waals surface area contributed by atoms with E-state index in [1.54, 1.807) is 0 Å². The molecule has 1 heterocycles. The molecule has 0 aliphatic rings. The molecule has 3 aromatic rings. The van der Waals surface area contributed by atoms with Crippen molar-refractivity contribution in [3.63, 3.8) is 0 Å². The lowest BCUT2D eigenvalue weighted by Crippen LogP contribution is -2.47. The van der Waals surface area contributed by atoms with E-state index in [-0.39, 0.29) is 17.4 Å². The largest absolute Gasteiger partial charge is 0.340 e. The number of nitrogens with zero attached hydrogens (tertiary/aromatic N) is 1. The Balaban J connectivity index is 1.77. The van der Waals surface area contributed by atoms with E-state index in [4.69, 9.17) is 0 Å². The minimum absolute atomic E-state index is 0.119. The Morgan fingerprint density at radius 2 is 1.96 bits per heavy atom. The Hall–Kier alpha value is -3.22. The SMILES string of the molecule is CC[C@H](C)[C@H](NC(=O)c1cccc(F)c1)C(=O)Nc1nc2ccccc2[nH]1. The summed E-state index contributed by atoms with van der Waals surface area (Å²) < 4.78 is 13.4. The number of hydrogen-bond donors (Lipinski definition) is 3. The number of imidazole rings is 1. The van der Waals surface area contributed by atoms with Crippen molar-refractivity contribution in [3.05, 3.63) is 59.9 Å². The number of aromatic amines is 1. The van der Waals surface area contributed by atoms with Crippen LogP contribution in [0.15, 0.2) is 48.5 Å². The van der Waals surface area contributed by atoms with E-state index in [0.717, 1.165) is 17.1 Å². The number of anilines is 1. The van der Waals surface area contributed by atoms with Crippen LogP contribution in [0, 0.1) is 11.7 Å². The van der Waals surface area contributed by atoms with Gasteiger partial charge in [0.15, 0.2) is 0 Å². The van der Waals surface area contributed by atoms with Gasteiger partial charge in [0.25, 0.3) is 5.91 Å². The number of nitrogens with one attached hydrogen (secondary N) is 3. The molecule has 0 saturated carbocycles. The first-order valence-corrected chi connectivity index (χ1v) is 8.80. The highest BCUT2D eigenvalue weighted by Gasteiger charge is 2.27. The van der Waals surface area contributed by atoms with E-state index in [1.807, 2.05) is 38.1 Å². The number of aromatic nitrogens is 2. The Morgan fingerprint density at radius 1 is 1.19 bits per heavy atom. The van der Waals surface area contributed by atoms with Crippen LogP contribution in [0.5, 0.6) is 0 Å². The van der Waals surface area contributed by atoms with Gasteiger partial charge in [0.2, 0.25) is 11.9 Å². The highest BCUT2D eigenvalue weighted by molar-refractivity contribution is 6.01. The Bertz CT molecular complexity index is 936. The van der Waals surface area contributed by atoms with Gasteiger partial charge in [0.1, 0.15) is 11.9 Å². The fourth-order valence-corrected chi connectivity index (χ4v) is 2.76. The maximum Gasteiger partial charge on any atom is 0.252 e. The summed E-state index contributed by atoms with van der Waals surface area (Å²) >= 11 is 0. The topological polar surface area (TPSA) is 86.9 Å². The third-order valence-electron chi connectivity index (χ3n) is 4.50. The number of amides is 2. The zero-order valence-electron chi connectivity index (χ0n) is 15.1. The molecule has 0 fully saturated rings. The number of carbonyl (C=O) groups excluding carboxylic acids is 2. The fourth-order valence-electron chi connectivity index (χ4n) is 2.76. The minimum Gasteiger partial charge on any atom is -0.340 e. The molecule has 2 aromatic carbocycles. The standard InChI is InChI=1S/C20H21FN4O2/c1-3-12(2)17(24-18(26)13-7-6-8-14(21)11-13)19(27)25-20-22-15-9-4-5-10-16(15)23-20/h4-12,17H,3H2,1-2H3,(H,24,26)(H2,22,23,25,27)/t12-,17-/m0/s1. The summed E-state index contributed by atoms with van der Waals surface area (Å²) in [5, 5.41) is 5.43. The second-order valence-electron chi connectivity index (χ2n) is 6.44. The number of H-pyrrole nitrogens is 1. The predicted octanol–water partition coefficient (Wildman–Crippen LogP) is 3.49. The van der Waals surface area contributed by atoms with Gasteiger partial charge in [-0.25, -0.2) is 9.37 Å². The van der Waals surface area contributed by atoms with Crippen LogP contribution in [0.3, 0.4) is 0 Å². The smallest absolute Gasteiger partial charge is 0.252 e. The van der Waals surface area contributed by atoms with Gasteiger partial charge in [-0.2, -0.15) is 0 Å². The van der Waals surface area contributed by atoms with Gasteiger partial charge in [-0.15, -0.1) is 0 Å². The summed E-state index contributed by atoms with van der Waals surface area (Å²) in [6.07, 6.45) is 0.682. The number of fused-ring (bicyclic) bond motifs is 1. The van der Waals surface area contributed by atoms with Crippen LogP contribution >= 0.6 is 0 Å². The molecule has 3 N–H and O–H groups in total. The summed E-state index contributed by atoms with van der Waals surface area (Å²) in [6, 6.07) is 12.0. The molecule has 0 radical (unpaired) electrons. The molecule has 0 bridgehead atoms. The van der Waals surface area contributed by atoms with Crippen molar-refractivity contribution in [2.24, 2.45) is 5.92 Å². The first kappa shape index (κ1) is 18.6. The van der Waals surface area contributed by atoms with Gasteiger partial charge in [0.05, 0.1) is 11.0 Å². The van der Waals surface area contributed by atoms with Crippen molar-refractivity contribution in [1.82, 2.24) is 15.3 Å². The molecule has 7 heteroatoms. The van der Waals surface area contributed by atoms with Gasteiger partial charge in [-0.1, -0.05) is 38.5 Å². The van der Waals surface area contributed by atoms with Crippen molar-refractivity contribution in [2.45, 2.75) is 26.3 Å². The lowest BCUT2D eigenvalue weighted by atomic mass is 9.98. The molecule has 2 atom stereocenters. The lowest BCUT2D eigenvalue weighted by molar-refractivity contribution is -0.119. The van der Waals surface area contributed by atoms with Crippen LogP contribution < -0.4 is 10.6 Å². The number of carbonyl (C=O) groups is 2. The fraction of sp³-hybridized carbons (Fsp3) is 0.250. The molecular weight excluding hydrogens is 347 g/mol. The second kappa shape index (κ2) is 7.99. The summed E-state index contributed by atoms with van der Waals surface area (Å²) in [5.74, 6) is -1.19. The molecule has 0 spiro atoms. The maximum absolute atomic E-state index is 13.4. The number of hydrogen-bond acceptors (Lipinski definition) is 3. The summed E-state index contributed by atoms with van der Waals surface area (Å²) in [4.78, 5) is 32.6. The van der Waals surface area contributed by atoms with Crippen molar-refractivity contribution in [1.29, 1.82) is 0 Å². The van der Waals surface area contributed by atoms with Crippen molar-refractivity contribution >= 4 is 28.8 Å². The van der Waals surface area contributed by atoms with Crippen molar-refractivity contribution in [3.8, 4) is 0 Å². The van der Waals surface area contributed by atoms with E-state index in [1.165, 1.54) is 18.2 Å². The Kier molecular flexibility index (Phi) is 5.49. The summed E-state index contributed by atoms with van der Waals surface area (Å²) in [6.45, 7) is 3.80. The molecule has 2 amide bonds. The molecule has 0 unspecified atom stereocenters. The zero-order chi connectivity index (χ0) is 19.4. The molecule has 27 heavy (non-hydrogen) atoms. The van der Waals surface area contributed by atoms with Gasteiger partial charge in [-0.3, -0.25) is 14.9 Å². The summed E-state index contributed by atoms with van der Waals surface area (Å²) in [7, 11) is 0. The average Bonchev–Trinajstić information content (AvgIpc) is 3.07. The number of rotatable bonds is 6. The lowest BCUT2D eigenvalue weighted by Gasteiger charge is -2.23. The molecule has 1 aromatic heterocycles. The average molecular weight is 368 g/mol. The quantitative estimate of drug-likeness (QED) is 0.622. The molecule has 0 aliphatic carbocycles. The third-order valence-corrected chi connectivity index (χ3v) is 4.50. The van der Waals surface area contributed by atoms with E-state index in [2.05, 4.69) is 20.6 Å². The van der Waals surface area contributed by atoms with Crippen LogP contribution in [0.25, 0.3) is 11.0 Å². The molecule has 3 rings (SSSR count). The highest BCUT2D eigenvalue weighted by Crippen LogP contribution is 2.16. The zero-order valence-corrected chi connectivity index (χ0v) is 15.1. The molecule has 0 saturated heterocycles. The highest BCUT2D eigenvalue weighted by atomic mass is 19.1. The molecular formula is C20H21FN4O2. The third kappa shape index (κ3) is 4.31. The van der Waals surface area contributed by atoms with Gasteiger partial charge in [0, 0.05) is 5.56 Å². The van der Waals surface area contributed by atoms with E-state index in [9.17, 15) is 14.0 Å². The van der Waals surface area contributed by atoms with E-state index >= 15 is 0 Å². The molecule has 140 valence electrons. The van der Waals surface area contributed by atoms with Crippen LogP contribution in [0.4, 0.5) is 10.3 Å². The maximum atomic E-state index is 13.4. The number of halogens is 1. The second-order valence-corrected chi connectivity index (χ2v) is 6.44. The van der Waals surface area contributed by atoms with Crippen LogP contribution in [-0.4, -0.2) is 27.8 Å². The van der Waals surface area contributed by atoms with E-state index < -0.39 is 17.8 Å². The van der Waals surface area contributed by atoms with Gasteiger partial charge >= 0.3 is 0 Å². The van der Waals surface area contributed by atoms with Gasteiger partial charge in [-0.05, 0) is 36.2 Å². The monoisotopic (exact) mass is 368 g/mol. The Morgan fingerprint density at radius 3 is 2.67 bits per heavy atom. The van der Waals surface area contributed by atoms with Gasteiger partial charge < -0.3 is 10.3 Å². The summed E-state index contributed by atoms with van der Waals surface area (Å²) in [5.41, 5.74) is 1.70. The normalized spacial score (nSPS) is 13.1. The van der Waals surface area contributed by atoms with Crippen molar-refractivity contribution < 1.29 is 14.0 Å². The Labute approximate surface area is 156 Å². The first-order chi connectivity index (χ1) is 13.0. The van der Waals surface area contributed by atoms with Crippen LogP contribution in [0.2, 0.25) is 0 Å². The molecule has 0 aliphatic heterocycles. The van der Waals surface area contributed by atoms with Crippen LogP contribution in [-0.2, 0) is 4.79 Å². The number of para-hydroxylation sites is 2. The predicted molar refractivity (Wildman–Crippen MR) is 102 cm³/mol. The molecule has 6 nitrogen and oxygen atoms in total. The van der Waals surface area contributed by atoms with E-state index in [0.29, 0.717) is 12.4 Å². The van der Waals surface area contributed by atoms with Crippen LogP contribution in [0.1, 0.15) is 30.6 Å². The number of benzene rings is 2. The first-order valence-electron chi connectivity index (χ1n) is 8.80. The minimum atomic E-state index is -0.779.